The van der Waals surface area contributed by atoms with Crippen molar-refractivity contribution in [2.24, 2.45) is 10.2 Å². The number of morpholine rings is 1. The van der Waals surface area contributed by atoms with Crippen LogP contribution in [0.5, 0.6) is 0 Å². The lowest BCUT2D eigenvalue weighted by Gasteiger charge is -2.28. The van der Waals surface area contributed by atoms with Crippen molar-refractivity contribution < 1.29 is 9.53 Å². The largest absolute Gasteiger partial charge is 0.378 e. The Labute approximate surface area is 176 Å². The molecule has 0 unspecified atom stereocenters. The molecule has 0 saturated carbocycles. The summed E-state index contributed by atoms with van der Waals surface area (Å²) in [4.78, 5) is 15.3. The van der Waals surface area contributed by atoms with Gasteiger partial charge in [-0.05, 0) is 17.7 Å². The third kappa shape index (κ3) is 4.88. The Morgan fingerprint density at radius 3 is 2.03 bits per heavy atom. The fourth-order valence-electron chi connectivity index (χ4n) is 3.30. The Morgan fingerprint density at radius 1 is 0.800 bits per heavy atom. The zero-order chi connectivity index (χ0) is 20.6. The molecule has 0 spiro atoms. The maximum atomic E-state index is 13.0. The highest BCUT2D eigenvalue weighted by Gasteiger charge is 2.16. The molecule has 0 aromatic heterocycles. The van der Waals surface area contributed by atoms with Crippen LogP contribution in [0, 0.1) is 0 Å². The van der Waals surface area contributed by atoms with Gasteiger partial charge in [0, 0.05) is 29.9 Å². The third-order valence-electron chi connectivity index (χ3n) is 4.93. The summed E-state index contributed by atoms with van der Waals surface area (Å²) in [5.41, 5.74) is 3.75. The van der Waals surface area contributed by atoms with Crippen molar-refractivity contribution in [3.8, 4) is 0 Å². The highest BCUT2D eigenvalue weighted by Crippen LogP contribution is 2.16. The van der Waals surface area contributed by atoms with Crippen LogP contribution in [0.15, 0.2) is 95.1 Å². The summed E-state index contributed by atoms with van der Waals surface area (Å²) < 4.78 is 5.40. The van der Waals surface area contributed by atoms with Crippen LogP contribution in [0.1, 0.15) is 21.5 Å². The van der Waals surface area contributed by atoms with Crippen LogP contribution in [-0.2, 0) is 4.74 Å². The first-order chi connectivity index (χ1) is 14.8. The van der Waals surface area contributed by atoms with Crippen LogP contribution in [0.2, 0.25) is 0 Å². The van der Waals surface area contributed by atoms with E-state index in [0.29, 0.717) is 11.3 Å². The standard InChI is InChI=1S/C25H23N3O2/c29-25(22-9-5-2-6-10-22)24(21-7-3-1-4-8-21)27-26-19-20-11-13-23(14-12-20)28-15-17-30-18-16-28/h1-14,19H,15-18H2/b26-19-,27-24-. The van der Waals surface area contributed by atoms with Gasteiger partial charge in [0.05, 0.1) is 19.4 Å². The van der Waals surface area contributed by atoms with Gasteiger partial charge in [0.25, 0.3) is 0 Å². The second kappa shape index (κ2) is 9.76. The van der Waals surface area contributed by atoms with Gasteiger partial charge in [-0.1, -0.05) is 72.8 Å². The van der Waals surface area contributed by atoms with E-state index in [1.165, 1.54) is 5.69 Å². The first-order valence-corrected chi connectivity index (χ1v) is 10.0. The summed E-state index contributed by atoms with van der Waals surface area (Å²) in [5, 5.41) is 8.50. The Kier molecular flexibility index (Phi) is 6.42. The van der Waals surface area contributed by atoms with E-state index < -0.39 is 0 Å². The lowest BCUT2D eigenvalue weighted by molar-refractivity contribution is 0.106. The van der Waals surface area contributed by atoms with E-state index >= 15 is 0 Å². The molecule has 1 aliphatic rings. The number of anilines is 1. The van der Waals surface area contributed by atoms with Gasteiger partial charge in [-0.15, -0.1) is 5.10 Å². The normalized spacial score (nSPS) is 14.8. The molecule has 0 bridgehead atoms. The summed E-state index contributed by atoms with van der Waals surface area (Å²) >= 11 is 0. The van der Waals surface area contributed by atoms with E-state index in [0.717, 1.165) is 37.4 Å². The third-order valence-corrected chi connectivity index (χ3v) is 4.93. The summed E-state index contributed by atoms with van der Waals surface area (Å²) in [6.45, 7) is 3.32. The molecule has 5 nitrogen and oxygen atoms in total. The maximum Gasteiger partial charge on any atom is 0.213 e. The van der Waals surface area contributed by atoms with E-state index in [4.69, 9.17) is 4.74 Å². The summed E-state index contributed by atoms with van der Waals surface area (Å²) in [5.74, 6) is -0.151. The van der Waals surface area contributed by atoms with Crippen LogP contribution in [0.4, 0.5) is 5.69 Å². The van der Waals surface area contributed by atoms with Gasteiger partial charge in [-0.2, -0.15) is 5.10 Å². The molecule has 1 heterocycles. The van der Waals surface area contributed by atoms with Gasteiger partial charge in [-0.3, -0.25) is 4.79 Å². The number of carbonyl (C=O) groups excluding carboxylic acids is 1. The summed E-state index contributed by atoms with van der Waals surface area (Å²) in [6.07, 6.45) is 1.67. The van der Waals surface area contributed by atoms with E-state index in [1.54, 1.807) is 18.3 Å². The molecule has 0 aliphatic carbocycles. The number of carbonyl (C=O) groups is 1. The molecule has 30 heavy (non-hydrogen) atoms. The second-order valence-corrected chi connectivity index (χ2v) is 6.95. The van der Waals surface area contributed by atoms with Crippen LogP contribution < -0.4 is 4.90 Å². The molecule has 0 N–H and O–H groups in total. The Balaban J connectivity index is 1.55. The number of Topliss-reactive ketones (excluding diaryl/α,β-unsaturated/α-hetero) is 1. The van der Waals surface area contributed by atoms with E-state index in [-0.39, 0.29) is 5.78 Å². The summed E-state index contributed by atoms with van der Waals surface area (Å²) in [6, 6.07) is 26.7. The van der Waals surface area contributed by atoms with Crippen molar-refractivity contribution in [1.29, 1.82) is 0 Å². The monoisotopic (exact) mass is 397 g/mol. The first kappa shape index (κ1) is 19.7. The van der Waals surface area contributed by atoms with Gasteiger partial charge >= 0.3 is 0 Å². The van der Waals surface area contributed by atoms with Crippen LogP contribution in [0.25, 0.3) is 0 Å². The minimum Gasteiger partial charge on any atom is -0.378 e. The number of hydrogen-bond acceptors (Lipinski definition) is 5. The predicted octanol–water partition coefficient (Wildman–Crippen LogP) is 4.23. The SMILES string of the molecule is O=C(/C(=N\N=C/c1ccc(N2CCOCC2)cc1)c1ccccc1)c1ccccc1. The molecule has 150 valence electrons. The number of ether oxygens (including phenoxy) is 1. The smallest absolute Gasteiger partial charge is 0.213 e. The number of rotatable bonds is 6. The van der Waals surface area contributed by atoms with Crippen molar-refractivity contribution in [3.63, 3.8) is 0 Å². The Hall–Kier alpha value is -3.57. The zero-order valence-corrected chi connectivity index (χ0v) is 16.6. The van der Waals surface area contributed by atoms with Crippen LogP contribution >= 0.6 is 0 Å². The molecule has 1 saturated heterocycles. The fourth-order valence-corrected chi connectivity index (χ4v) is 3.30. The molecule has 0 radical (unpaired) electrons. The molecule has 1 fully saturated rings. The first-order valence-electron chi connectivity index (χ1n) is 10.0. The quantitative estimate of drug-likeness (QED) is 0.355. The molecule has 4 rings (SSSR count). The maximum absolute atomic E-state index is 13.0. The minimum absolute atomic E-state index is 0.151. The van der Waals surface area contributed by atoms with Gasteiger partial charge in [0.1, 0.15) is 5.71 Å². The molecule has 0 atom stereocenters. The number of ketones is 1. The average Bonchev–Trinajstić information content (AvgIpc) is 2.83. The number of nitrogens with zero attached hydrogens (tertiary/aromatic N) is 3. The van der Waals surface area contributed by atoms with Gasteiger partial charge in [0.15, 0.2) is 0 Å². The topological polar surface area (TPSA) is 54.3 Å². The highest BCUT2D eigenvalue weighted by atomic mass is 16.5. The van der Waals surface area contributed by atoms with Crippen molar-refractivity contribution in [2.75, 3.05) is 31.2 Å². The Bertz CT molecular complexity index is 1020. The van der Waals surface area contributed by atoms with Crippen molar-refractivity contribution in [3.05, 3.63) is 102 Å². The molecule has 5 heteroatoms. The van der Waals surface area contributed by atoms with E-state index in [2.05, 4.69) is 27.2 Å². The van der Waals surface area contributed by atoms with Gasteiger partial charge in [-0.25, -0.2) is 0 Å². The average molecular weight is 397 g/mol. The lowest BCUT2D eigenvalue weighted by atomic mass is 10.0. The molecule has 1 aliphatic heterocycles. The molecule has 0 amide bonds. The molecule has 3 aromatic rings. The van der Waals surface area contributed by atoms with Crippen molar-refractivity contribution >= 4 is 23.4 Å². The zero-order valence-electron chi connectivity index (χ0n) is 16.6. The minimum atomic E-state index is -0.151. The highest BCUT2D eigenvalue weighted by molar-refractivity contribution is 6.51. The van der Waals surface area contributed by atoms with Gasteiger partial charge in [0.2, 0.25) is 5.78 Å². The Morgan fingerprint density at radius 2 is 1.40 bits per heavy atom. The second-order valence-electron chi connectivity index (χ2n) is 6.95. The lowest BCUT2D eigenvalue weighted by Crippen LogP contribution is -2.36. The molecular weight excluding hydrogens is 374 g/mol. The predicted molar refractivity (Wildman–Crippen MR) is 121 cm³/mol. The van der Waals surface area contributed by atoms with Gasteiger partial charge < -0.3 is 9.64 Å². The van der Waals surface area contributed by atoms with Crippen molar-refractivity contribution in [2.45, 2.75) is 0 Å². The fraction of sp³-hybridized carbons (Fsp3) is 0.160. The number of hydrogen-bond donors (Lipinski definition) is 0. The molecule has 3 aromatic carbocycles. The van der Waals surface area contributed by atoms with E-state index in [1.807, 2.05) is 60.7 Å². The van der Waals surface area contributed by atoms with Crippen molar-refractivity contribution in [1.82, 2.24) is 0 Å². The van der Waals surface area contributed by atoms with E-state index in [9.17, 15) is 4.79 Å². The number of benzene rings is 3. The van der Waals surface area contributed by atoms with Crippen LogP contribution in [-0.4, -0.2) is 44.0 Å². The van der Waals surface area contributed by atoms with Crippen LogP contribution in [0.3, 0.4) is 0 Å². The molecular formula is C25H23N3O2. The summed E-state index contributed by atoms with van der Waals surface area (Å²) in [7, 11) is 0.